The summed E-state index contributed by atoms with van der Waals surface area (Å²) in [6.07, 6.45) is 1.15. The molecule has 1 unspecified atom stereocenters. The largest absolute Gasteiger partial charge is 0.488 e. The number of nitrogens with one attached hydrogen (secondary N) is 1. The van der Waals surface area contributed by atoms with Crippen molar-refractivity contribution in [1.29, 1.82) is 0 Å². The van der Waals surface area contributed by atoms with Crippen LogP contribution in [0.25, 0.3) is 0 Å². The molecule has 21 heavy (non-hydrogen) atoms. The Morgan fingerprint density at radius 3 is 3.10 bits per heavy atom. The molecule has 3 rings (SSSR count). The van der Waals surface area contributed by atoms with Crippen molar-refractivity contribution in [2.45, 2.75) is 24.8 Å². The highest BCUT2D eigenvalue weighted by atomic mass is 35.5. The van der Waals surface area contributed by atoms with Gasteiger partial charge in [0.2, 0.25) is 5.91 Å². The highest BCUT2D eigenvalue weighted by Gasteiger charge is 2.22. The fraction of sp³-hybridized carbons (Fsp3) is 0.333. The minimum Gasteiger partial charge on any atom is -0.488 e. The van der Waals surface area contributed by atoms with Crippen molar-refractivity contribution < 1.29 is 9.53 Å². The van der Waals surface area contributed by atoms with Gasteiger partial charge in [-0.25, -0.2) is 4.98 Å². The number of amides is 1. The lowest BCUT2D eigenvalue weighted by Crippen LogP contribution is -2.35. The summed E-state index contributed by atoms with van der Waals surface area (Å²) in [4.78, 5) is 16.2. The third-order valence-corrected chi connectivity index (χ3v) is 4.46. The number of aromatic nitrogens is 1. The number of ether oxygens (including phenoxy) is 1. The molecule has 2 aromatic rings. The Kier molecular flexibility index (Phi) is 4.41. The molecule has 1 aromatic carbocycles. The SMILES string of the molecule is O=C(Cc1nc(CCl)cs1)NCC1Cc2ccccc2O1. The summed E-state index contributed by atoms with van der Waals surface area (Å²) in [5.41, 5.74) is 2.02. The van der Waals surface area contributed by atoms with Gasteiger partial charge in [-0.3, -0.25) is 4.79 Å². The predicted octanol–water partition coefficient (Wildman–Crippen LogP) is 2.54. The summed E-state index contributed by atoms with van der Waals surface area (Å²) in [6, 6.07) is 7.97. The quantitative estimate of drug-likeness (QED) is 0.861. The molecule has 0 fully saturated rings. The van der Waals surface area contributed by atoms with E-state index in [9.17, 15) is 4.79 Å². The first-order valence-electron chi connectivity index (χ1n) is 6.75. The van der Waals surface area contributed by atoms with Crippen molar-refractivity contribution in [3.05, 3.63) is 45.9 Å². The van der Waals surface area contributed by atoms with E-state index < -0.39 is 0 Å². The highest BCUT2D eigenvalue weighted by Crippen LogP contribution is 2.27. The third-order valence-electron chi connectivity index (χ3n) is 3.29. The van der Waals surface area contributed by atoms with Crippen LogP contribution in [0.5, 0.6) is 5.75 Å². The van der Waals surface area contributed by atoms with Crippen molar-refractivity contribution in [2.75, 3.05) is 6.54 Å². The first kappa shape index (κ1) is 14.4. The van der Waals surface area contributed by atoms with Gasteiger partial charge in [0.15, 0.2) is 0 Å². The molecule has 1 atom stereocenters. The lowest BCUT2D eigenvalue weighted by Gasteiger charge is -2.11. The van der Waals surface area contributed by atoms with E-state index >= 15 is 0 Å². The van der Waals surface area contributed by atoms with Gasteiger partial charge >= 0.3 is 0 Å². The molecular weight excluding hydrogens is 308 g/mol. The van der Waals surface area contributed by atoms with Crippen LogP contribution >= 0.6 is 22.9 Å². The number of para-hydroxylation sites is 1. The molecule has 0 saturated carbocycles. The van der Waals surface area contributed by atoms with Gasteiger partial charge in [-0.15, -0.1) is 22.9 Å². The minimum atomic E-state index is -0.0370. The van der Waals surface area contributed by atoms with Crippen LogP contribution in [0, 0.1) is 0 Å². The van der Waals surface area contributed by atoms with Crippen LogP contribution in [0.4, 0.5) is 0 Å². The number of carbonyl (C=O) groups is 1. The van der Waals surface area contributed by atoms with E-state index in [2.05, 4.69) is 16.4 Å². The zero-order valence-electron chi connectivity index (χ0n) is 11.3. The van der Waals surface area contributed by atoms with Gasteiger partial charge in [-0.1, -0.05) is 18.2 Å². The van der Waals surface area contributed by atoms with Gasteiger partial charge in [-0.2, -0.15) is 0 Å². The number of benzene rings is 1. The first-order valence-corrected chi connectivity index (χ1v) is 8.16. The van der Waals surface area contributed by atoms with Gasteiger partial charge in [-0.05, 0) is 11.6 Å². The van der Waals surface area contributed by atoms with Gasteiger partial charge in [0, 0.05) is 11.8 Å². The molecule has 1 aliphatic heterocycles. The van der Waals surface area contributed by atoms with Crippen LogP contribution in [0.3, 0.4) is 0 Å². The standard InChI is InChI=1S/C15H15ClN2O2S/c16-7-11-9-21-15(18-11)6-14(19)17-8-12-5-10-3-1-2-4-13(10)20-12/h1-4,9,12H,5-8H2,(H,17,19). The van der Waals surface area contributed by atoms with E-state index in [1.54, 1.807) is 0 Å². The lowest BCUT2D eigenvalue weighted by atomic mass is 10.1. The molecule has 2 heterocycles. The molecule has 1 aliphatic rings. The van der Waals surface area contributed by atoms with Crippen molar-refractivity contribution in [1.82, 2.24) is 10.3 Å². The zero-order valence-corrected chi connectivity index (χ0v) is 12.9. The summed E-state index contributed by atoms with van der Waals surface area (Å²) in [5.74, 6) is 1.26. The van der Waals surface area contributed by atoms with Gasteiger partial charge in [0.1, 0.15) is 16.9 Å². The van der Waals surface area contributed by atoms with Crippen molar-refractivity contribution >= 4 is 28.8 Å². The fourth-order valence-electron chi connectivity index (χ4n) is 2.29. The molecule has 6 heteroatoms. The Balaban J connectivity index is 1.47. The minimum absolute atomic E-state index is 0.0149. The average Bonchev–Trinajstić information content (AvgIpc) is 3.10. The Morgan fingerprint density at radius 2 is 2.33 bits per heavy atom. The molecule has 0 aliphatic carbocycles. The summed E-state index contributed by atoms with van der Waals surface area (Å²) < 4.78 is 5.78. The lowest BCUT2D eigenvalue weighted by molar-refractivity contribution is -0.120. The number of rotatable bonds is 5. The van der Waals surface area contributed by atoms with Crippen LogP contribution in [0.1, 0.15) is 16.3 Å². The molecular formula is C15H15ClN2O2S. The number of hydrogen-bond donors (Lipinski definition) is 1. The van der Waals surface area contributed by atoms with Crippen molar-refractivity contribution in [2.24, 2.45) is 0 Å². The summed E-state index contributed by atoms with van der Waals surface area (Å²) in [5, 5.41) is 5.58. The fourth-order valence-corrected chi connectivity index (χ4v) is 3.31. The smallest absolute Gasteiger partial charge is 0.227 e. The molecule has 110 valence electrons. The Morgan fingerprint density at radius 1 is 1.48 bits per heavy atom. The number of hydrogen-bond acceptors (Lipinski definition) is 4. The van der Waals surface area contributed by atoms with E-state index in [0.29, 0.717) is 18.8 Å². The van der Waals surface area contributed by atoms with Crippen molar-refractivity contribution in [3.8, 4) is 5.75 Å². The Labute approximate surface area is 132 Å². The topological polar surface area (TPSA) is 51.2 Å². The molecule has 1 aromatic heterocycles. The number of halogens is 1. The van der Waals surface area contributed by atoms with Crippen LogP contribution in [0.15, 0.2) is 29.6 Å². The number of alkyl halides is 1. The van der Waals surface area contributed by atoms with Gasteiger partial charge < -0.3 is 10.1 Å². The molecule has 4 nitrogen and oxygen atoms in total. The maximum atomic E-state index is 11.9. The third kappa shape index (κ3) is 3.54. The summed E-state index contributed by atoms with van der Waals surface area (Å²) >= 11 is 7.16. The van der Waals surface area contributed by atoms with Gasteiger partial charge in [0.05, 0.1) is 24.5 Å². The van der Waals surface area contributed by atoms with Crippen LogP contribution in [-0.2, 0) is 23.5 Å². The summed E-state index contributed by atoms with van der Waals surface area (Å²) in [6.45, 7) is 0.515. The molecule has 0 radical (unpaired) electrons. The van der Waals surface area contributed by atoms with E-state index in [0.717, 1.165) is 22.9 Å². The second-order valence-electron chi connectivity index (χ2n) is 4.90. The summed E-state index contributed by atoms with van der Waals surface area (Å²) in [7, 11) is 0. The monoisotopic (exact) mass is 322 g/mol. The Bertz CT molecular complexity index is 619. The van der Waals surface area contributed by atoms with Crippen LogP contribution in [-0.4, -0.2) is 23.5 Å². The second kappa shape index (κ2) is 6.45. The Hall–Kier alpha value is -1.59. The molecule has 1 amide bonds. The number of thiazole rings is 1. The molecule has 1 N–H and O–H groups in total. The number of carbonyl (C=O) groups excluding carboxylic acids is 1. The average molecular weight is 323 g/mol. The highest BCUT2D eigenvalue weighted by molar-refractivity contribution is 7.09. The maximum absolute atomic E-state index is 11.9. The van der Waals surface area contributed by atoms with E-state index in [-0.39, 0.29) is 12.0 Å². The van der Waals surface area contributed by atoms with E-state index in [1.165, 1.54) is 16.9 Å². The van der Waals surface area contributed by atoms with Crippen LogP contribution in [0.2, 0.25) is 0 Å². The second-order valence-corrected chi connectivity index (χ2v) is 6.11. The van der Waals surface area contributed by atoms with E-state index in [4.69, 9.17) is 16.3 Å². The van der Waals surface area contributed by atoms with Crippen LogP contribution < -0.4 is 10.1 Å². The molecule has 0 saturated heterocycles. The number of nitrogens with zero attached hydrogens (tertiary/aromatic N) is 1. The van der Waals surface area contributed by atoms with Gasteiger partial charge in [0.25, 0.3) is 0 Å². The maximum Gasteiger partial charge on any atom is 0.227 e. The van der Waals surface area contributed by atoms with Crippen molar-refractivity contribution in [3.63, 3.8) is 0 Å². The first-order chi connectivity index (χ1) is 10.2. The number of fused-ring (bicyclic) bond motifs is 1. The van der Waals surface area contributed by atoms with E-state index in [1.807, 2.05) is 23.6 Å². The predicted molar refractivity (Wildman–Crippen MR) is 82.9 cm³/mol. The normalized spacial score (nSPS) is 16.3. The zero-order chi connectivity index (χ0) is 14.7. The molecule has 0 bridgehead atoms. The molecule has 0 spiro atoms.